The van der Waals surface area contributed by atoms with Gasteiger partial charge in [0, 0.05) is 18.6 Å². The van der Waals surface area contributed by atoms with Crippen molar-refractivity contribution >= 4 is 10.0 Å². The summed E-state index contributed by atoms with van der Waals surface area (Å²) in [4.78, 5) is 0.199. The molecule has 6 heteroatoms. The molecule has 0 aliphatic heterocycles. The Morgan fingerprint density at radius 3 is 2.05 bits per heavy atom. The minimum atomic E-state index is -3.53. The van der Waals surface area contributed by atoms with Crippen LogP contribution in [0.25, 0.3) is 0 Å². The average Bonchev–Trinajstić information content (AvgIpc) is 2.25. The van der Waals surface area contributed by atoms with Crippen LogP contribution in [-0.2, 0) is 10.0 Å². The van der Waals surface area contributed by atoms with Crippen molar-refractivity contribution in [2.75, 3.05) is 6.61 Å². The summed E-state index contributed by atoms with van der Waals surface area (Å²) >= 11 is 0. The van der Waals surface area contributed by atoms with Crippen LogP contribution in [0.4, 0.5) is 0 Å². The number of nitrogens with one attached hydrogen (secondary N) is 1. The summed E-state index contributed by atoms with van der Waals surface area (Å²) < 4.78 is 32.7. The van der Waals surface area contributed by atoms with E-state index in [1.54, 1.807) is 32.9 Å². The number of hydrogen-bond acceptors (Lipinski definition) is 4. The van der Waals surface area contributed by atoms with E-state index in [1.807, 2.05) is 13.8 Å². The minimum Gasteiger partial charge on any atom is -0.488 e. The first kappa shape index (κ1) is 17.9. The lowest BCUT2D eigenvalue weighted by atomic mass is 10.1. The smallest absolute Gasteiger partial charge is 0.241 e. The molecule has 2 N–H and O–H groups in total. The lowest BCUT2D eigenvalue weighted by Crippen LogP contribution is -2.40. The van der Waals surface area contributed by atoms with E-state index in [4.69, 9.17) is 9.84 Å². The average molecular weight is 315 g/mol. The van der Waals surface area contributed by atoms with E-state index in [2.05, 4.69) is 4.72 Å². The standard InChI is InChI=1S/C15H25NO4S/c1-14(2,3)16-21(18,19)13-8-6-12(7-9-13)20-15(4,5)10-11-17/h6-9,16-17H,10-11H2,1-5H3. The first-order chi connectivity index (χ1) is 9.45. The maximum absolute atomic E-state index is 12.2. The molecule has 0 spiro atoms. The van der Waals surface area contributed by atoms with E-state index in [0.717, 1.165) is 0 Å². The molecule has 1 aromatic carbocycles. The molecule has 0 saturated heterocycles. The quantitative estimate of drug-likeness (QED) is 0.844. The third-order valence-electron chi connectivity index (χ3n) is 2.68. The highest BCUT2D eigenvalue weighted by Crippen LogP contribution is 2.23. The zero-order chi connectivity index (χ0) is 16.3. The van der Waals surface area contributed by atoms with Gasteiger partial charge < -0.3 is 9.84 Å². The van der Waals surface area contributed by atoms with Gasteiger partial charge in [-0.05, 0) is 58.9 Å². The van der Waals surface area contributed by atoms with Gasteiger partial charge in [0.05, 0.1) is 4.90 Å². The van der Waals surface area contributed by atoms with Crippen molar-refractivity contribution in [2.24, 2.45) is 0 Å². The van der Waals surface area contributed by atoms with Gasteiger partial charge in [0.15, 0.2) is 0 Å². The number of ether oxygens (including phenoxy) is 1. The molecule has 0 radical (unpaired) electrons. The highest BCUT2D eigenvalue weighted by Gasteiger charge is 2.23. The summed E-state index contributed by atoms with van der Waals surface area (Å²) in [5, 5.41) is 8.97. The molecule has 0 bridgehead atoms. The van der Waals surface area contributed by atoms with Gasteiger partial charge in [0.1, 0.15) is 11.4 Å². The first-order valence-electron chi connectivity index (χ1n) is 6.89. The fourth-order valence-electron chi connectivity index (χ4n) is 1.79. The van der Waals surface area contributed by atoms with E-state index in [9.17, 15) is 8.42 Å². The highest BCUT2D eigenvalue weighted by atomic mass is 32.2. The molecule has 120 valence electrons. The lowest BCUT2D eigenvalue weighted by Gasteiger charge is -2.26. The van der Waals surface area contributed by atoms with E-state index in [-0.39, 0.29) is 11.5 Å². The zero-order valence-electron chi connectivity index (χ0n) is 13.3. The normalized spacial score (nSPS) is 13.2. The van der Waals surface area contributed by atoms with Crippen molar-refractivity contribution in [3.8, 4) is 5.75 Å². The highest BCUT2D eigenvalue weighted by molar-refractivity contribution is 7.89. The van der Waals surface area contributed by atoms with Crippen LogP contribution in [0.3, 0.4) is 0 Å². The van der Waals surface area contributed by atoms with Crippen LogP contribution >= 0.6 is 0 Å². The second-order valence-corrected chi connectivity index (χ2v) is 8.34. The van der Waals surface area contributed by atoms with Crippen LogP contribution in [0.15, 0.2) is 29.2 Å². The van der Waals surface area contributed by atoms with Crippen molar-refractivity contribution in [1.29, 1.82) is 0 Å². The molecular weight excluding hydrogens is 290 g/mol. The second-order valence-electron chi connectivity index (χ2n) is 6.66. The first-order valence-corrected chi connectivity index (χ1v) is 8.37. The maximum Gasteiger partial charge on any atom is 0.241 e. The van der Waals surface area contributed by atoms with Crippen LogP contribution in [0.1, 0.15) is 41.0 Å². The van der Waals surface area contributed by atoms with Gasteiger partial charge in [0.2, 0.25) is 10.0 Å². The Morgan fingerprint density at radius 1 is 1.10 bits per heavy atom. The zero-order valence-corrected chi connectivity index (χ0v) is 14.1. The van der Waals surface area contributed by atoms with Crippen LogP contribution in [0, 0.1) is 0 Å². The molecule has 0 atom stereocenters. The van der Waals surface area contributed by atoms with E-state index >= 15 is 0 Å². The van der Waals surface area contributed by atoms with E-state index in [1.165, 1.54) is 12.1 Å². The topological polar surface area (TPSA) is 75.6 Å². The molecule has 0 saturated carbocycles. The van der Waals surface area contributed by atoms with Crippen molar-refractivity contribution in [2.45, 2.75) is 57.1 Å². The van der Waals surface area contributed by atoms with Crippen molar-refractivity contribution in [3.05, 3.63) is 24.3 Å². The Hall–Kier alpha value is -1.11. The molecule has 1 aromatic rings. The molecule has 5 nitrogen and oxygen atoms in total. The van der Waals surface area contributed by atoms with Gasteiger partial charge in [0.25, 0.3) is 0 Å². The summed E-state index contributed by atoms with van der Waals surface area (Å²) in [5.41, 5.74) is -1.03. The third-order valence-corrected chi connectivity index (χ3v) is 4.46. The molecule has 0 fully saturated rings. The fourth-order valence-corrected chi connectivity index (χ4v) is 3.21. The lowest BCUT2D eigenvalue weighted by molar-refractivity contribution is 0.0764. The molecule has 0 aliphatic carbocycles. The summed E-state index contributed by atoms with van der Waals surface area (Å²) in [6.45, 7) is 9.15. The van der Waals surface area contributed by atoms with Gasteiger partial charge in [-0.3, -0.25) is 0 Å². The van der Waals surface area contributed by atoms with Crippen molar-refractivity contribution < 1.29 is 18.3 Å². The largest absolute Gasteiger partial charge is 0.488 e. The van der Waals surface area contributed by atoms with Crippen LogP contribution in [0.2, 0.25) is 0 Å². The predicted molar refractivity (Wildman–Crippen MR) is 82.9 cm³/mol. The van der Waals surface area contributed by atoms with Gasteiger partial charge in [-0.25, -0.2) is 13.1 Å². The predicted octanol–water partition coefficient (Wildman–Crippen LogP) is 2.30. The van der Waals surface area contributed by atoms with Crippen LogP contribution in [-0.4, -0.2) is 31.3 Å². The molecule has 0 amide bonds. The second kappa shape index (κ2) is 6.34. The summed E-state index contributed by atoms with van der Waals surface area (Å²) in [5.74, 6) is 0.572. The van der Waals surface area contributed by atoms with Gasteiger partial charge in [-0.15, -0.1) is 0 Å². The molecule has 0 unspecified atom stereocenters. The fraction of sp³-hybridized carbons (Fsp3) is 0.600. The number of aliphatic hydroxyl groups excluding tert-OH is 1. The monoisotopic (exact) mass is 315 g/mol. The number of rotatable bonds is 6. The Bertz CT molecular complexity index is 556. The molecule has 0 aromatic heterocycles. The molecule has 0 heterocycles. The maximum atomic E-state index is 12.2. The molecular formula is C15H25NO4S. The van der Waals surface area contributed by atoms with Gasteiger partial charge in [-0.2, -0.15) is 0 Å². The summed E-state index contributed by atoms with van der Waals surface area (Å²) in [6, 6.07) is 6.27. The molecule has 0 aliphatic rings. The van der Waals surface area contributed by atoms with Crippen molar-refractivity contribution in [1.82, 2.24) is 4.72 Å². The summed E-state index contributed by atoms with van der Waals surface area (Å²) in [6.07, 6.45) is 0.499. The molecule has 1 rings (SSSR count). The number of hydrogen-bond donors (Lipinski definition) is 2. The van der Waals surface area contributed by atoms with Crippen LogP contribution < -0.4 is 9.46 Å². The molecule has 21 heavy (non-hydrogen) atoms. The van der Waals surface area contributed by atoms with E-state index < -0.39 is 21.2 Å². The van der Waals surface area contributed by atoms with Gasteiger partial charge in [-0.1, -0.05) is 0 Å². The number of aliphatic hydroxyl groups is 1. The van der Waals surface area contributed by atoms with Gasteiger partial charge >= 0.3 is 0 Å². The van der Waals surface area contributed by atoms with E-state index in [0.29, 0.717) is 12.2 Å². The number of sulfonamides is 1. The minimum absolute atomic E-state index is 0.0367. The Balaban J connectivity index is 2.88. The Labute approximate surface area is 127 Å². The SMILES string of the molecule is CC(C)(C)NS(=O)(=O)c1ccc(OC(C)(C)CCO)cc1. The Morgan fingerprint density at radius 2 is 1.62 bits per heavy atom. The van der Waals surface area contributed by atoms with Crippen molar-refractivity contribution in [3.63, 3.8) is 0 Å². The summed E-state index contributed by atoms with van der Waals surface area (Å²) in [7, 11) is -3.53. The Kier molecular flexibility index (Phi) is 5.41. The third kappa shape index (κ3) is 6.03. The number of benzene rings is 1. The van der Waals surface area contributed by atoms with Crippen LogP contribution in [0.5, 0.6) is 5.75 Å².